The fourth-order valence-corrected chi connectivity index (χ4v) is 3.61. The van der Waals surface area contributed by atoms with Crippen LogP contribution in [0.25, 0.3) is 0 Å². The van der Waals surface area contributed by atoms with Crippen LogP contribution >= 0.6 is 24.0 Å². The SMILES string of the molecule is CCNC(=NCc1cc(C)cc(OC)c1)NCc1ccccc1CN1CCOCC1.I. The zero-order chi connectivity index (χ0) is 21.2. The third-order valence-electron chi connectivity index (χ3n) is 5.17. The van der Waals surface area contributed by atoms with Crippen LogP contribution in [0.2, 0.25) is 0 Å². The molecule has 0 aliphatic carbocycles. The van der Waals surface area contributed by atoms with E-state index in [0.29, 0.717) is 6.54 Å². The van der Waals surface area contributed by atoms with Crippen LogP contribution in [-0.4, -0.2) is 50.8 Å². The lowest BCUT2D eigenvalue weighted by atomic mass is 10.1. The average molecular weight is 538 g/mol. The number of methoxy groups -OCH3 is 1. The first kappa shape index (κ1) is 25.4. The molecular weight excluding hydrogens is 503 g/mol. The van der Waals surface area contributed by atoms with Gasteiger partial charge in [-0.1, -0.05) is 30.3 Å². The molecule has 2 aromatic carbocycles. The van der Waals surface area contributed by atoms with Crippen molar-refractivity contribution in [2.45, 2.75) is 33.5 Å². The highest BCUT2D eigenvalue weighted by atomic mass is 127. The lowest BCUT2D eigenvalue weighted by Gasteiger charge is -2.27. The summed E-state index contributed by atoms with van der Waals surface area (Å²) in [7, 11) is 1.70. The molecule has 7 heteroatoms. The maximum Gasteiger partial charge on any atom is 0.191 e. The molecule has 0 spiro atoms. The number of guanidine groups is 1. The van der Waals surface area contributed by atoms with Gasteiger partial charge in [0.15, 0.2) is 5.96 Å². The second-order valence-electron chi connectivity index (χ2n) is 7.56. The van der Waals surface area contributed by atoms with Crippen LogP contribution in [0.3, 0.4) is 0 Å². The van der Waals surface area contributed by atoms with Crippen molar-refractivity contribution in [3.05, 3.63) is 64.7 Å². The Morgan fingerprint density at radius 2 is 1.84 bits per heavy atom. The van der Waals surface area contributed by atoms with E-state index in [0.717, 1.165) is 63.2 Å². The minimum absolute atomic E-state index is 0. The van der Waals surface area contributed by atoms with Crippen molar-refractivity contribution in [1.29, 1.82) is 0 Å². The normalized spacial score (nSPS) is 14.6. The van der Waals surface area contributed by atoms with Crippen LogP contribution in [-0.2, 0) is 24.4 Å². The molecule has 170 valence electrons. The van der Waals surface area contributed by atoms with Gasteiger partial charge in [0.2, 0.25) is 0 Å². The maximum absolute atomic E-state index is 5.47. The smallest absolute Gasteiger partial charge is 0.191 e. The summed E-state index contributed by atoms with van der Waals surface area (Å²) >= 11 is 0. The van der Waals surface area contributed by atoms with Crippen LogP contribution in [0, 0.1) is 6.92 Å². The summed E-state index contributed by atoms with van der Waals surface area (Å²) in [6, 6.07) is 14.8. The Morgan fingerprint density at radius 1 is 1.10 bits per heavy atom. The van der Waals surface area contributed by atoms with Crippen molar-refractivity contribution in [2.75, 3.05) is 40.0 Å². The van der Waals surface area contributed by atoms with Gasteiger partial charge in [0, 0.05) is 32.7 Å². The summed E-state index contributed by atoms with van der Waals surface area (Å²) < 4.78 is 10.9. The molecule has 0 radical (unpaired) electrons. The summed E-state index contributed by atoms with van der Waals surface area (Å²) in [6.45, 7) is 10.9. The summed E-state index contributed by atoms with van der Waals surface area (Å²) in [6.07, 6.45) is 0. The molecule has 1 saturated heterocycles. The Morgan fingerprint density at radius 3 is 2.55 bits per heavy atom. The van der Waals surface area contributed by atoms with Crippen molar-refractivity contribution in [1.82, 2.24) is 15.5 Å². The van der Waals surface area contributed by atoms with E-state index < -0.39 is 0 Å². The number of nitrogens with one attached hydrogen (secondary N) is 2. The summed E-state index contributed by atoms with van der Waals surface area (Å²) in [5.74, 6) is 1.69. The van der Waals surface area contributed by atoms with Gasteiger partial charge in [0.05, 0.1) is 26.9 Å². The van der Waals surface area contributed by atoms with E-state index in [4.69, 9.17) is 14.5 Å². The molecule has 3 rings (SSSR count). The standard InChI is InChI=1S/C24H34N4O2.HI/c1-4-25-24(26-16-20-13-19(2)14-23(15-20)29-3)27-17-21-7-5-6-8-22(21)18-28-9-11-30-12-10-28;/h5-8,13-15H,4,9-12,16-18H2,1-3H3,(H2,25,26,27);1H. The lowest BCUT2D eigenvalue weighted by Crippen LogP contribution is -2.38. The molecule has 0 atom stereocenters. The Hall–Kier alpha value is -1.84. The molecule has 31 heavy (non-hydrogen) atoms. The highest BCUT2D eigenvalue weighted by Crippen LogP contribution is 2.17. The summed E-state index contributed by atoms with van der Waals surface area (Å²) in [4.78, 5) is 7.22. The number of hydrogen-bond acceptors (Lipinski definition) is 4. The highest BCUT2D eigenvalue weighted by Gasteiger charge is 2.12. The van der Waals surface area contributed by atoms with Gasteiger partial charge in [-0.15, -0.1) is 24.0 Å². The predicted molar refractivity (Wildman–Crippen MR) is 137 cm³/mol. The number of benzene rings is 2. The molecule has 2 aromatic rings. The number of aryl methyl sites for hydroxylation is 1. The van der Waals surface area contributed by atoms with E-state index in [1.54, 1.807) is 7.11 Å². The van der Waals surface area contributed by atoms with E-state index in [1.165, 1.54) is 16.7 Å². The molecule has 0 saturated carbocycles. The number of ether oxygens (including phenoxy) is 2. The molecule has 0 aromatic heterocycles. The Kier molecular flexibility index (Phi) is 11.1. The second kappa shape index (κ2) is 13.5. The fourth-order valence-electron chi connectivity index (χ4n) is 3.61. The molecular formula is C24H35IN4O2. The van der Waals surface area contributed by atoms with Gasteiger partial charge in [0.1, 0.15) is 5.75 Å². The quantitative estimate of drug-likeness (QED) is 0.305. The van der Waals surface area contributed by atoms with Crippen molar-refractivity contribution < 1.29 is 9.47 Å². The van der Waals surface area contributed by atoms with Gasteiger partial charge in [-0.3, -0.25) is 4.90 Å². The van der Waals surface area contributed by atoms with Crippen LogP contribution < -0.4 is 15.4 Å². The van der Waals surface area contributed by atoms with Gasteiger partial charge in [0.25, 0.3) is 0 Å². The Labute approximate surface area is 203 Å². The summed E-state index contributed by atoms with van der Waals surface area (Å²) in [5, 5.41) is 6.84. The minimum atomic E-state index is 0. The molecule has 1 aliphatic rings. The zero-order valence-corrected chi connectivity index (χ0v) is 21.1. The van der Waals surface area contributed by atoms with Crippen LogP contribution in [0.5, 0.6) is 5.75 Å². The van der Waals surface area contributed by atoms with Gasteiger partial charge < -0.3 is 20.1 Å². The average Bonchev–Trinajstić information content (AvgIpc) is 2.77. The van der Waals surface area contributed by atoms with Crippen LogP contribution in [0.15, 0.2) is 47.5 Å². The number of hydrogen-bond donors (Lipinski definition) is 2. The Bertz CT molecular complexity index is 838. The molecule has 0 amide bonds. The van der Waals surface area contributed by atoms with Crippen molar-refractivity contribution in [3.63, 3.8) is 0 Å². The van der Waals surface area contributed by atoms with Crippen LogP contribution in [0.1, 0.15) is 29.2 Å². The number of aliphatic imine (C=N–C) groups is 1. The van der Waals surface area contributed by atoms with Gasteiger partial charge in [-0.2, -0.15) is 0 Å². The topological polar surface area (TPSA) is 58.1 Å². The zero-order valence-electron chi connectivity index (χ0n) is 18.8. The van der Waals surface area contributed by atoms with E-state index in [9.17, 15) is 0 Å². The van der Waals surface area contributed by atoms with Crippen LogP contribution in [0.4, 0.5) is 0 Å². The molecule has 2 N–H and O–H groups in total. The van der Waals surface area contributed by atoms with Gasteiger partial charge in [-0.05, 0) is 48.2 Å². The largest absolute Gasteiger partial charge is 0.497 e. The monoisotopic (exact) mass is 538 g/mol. The first-order valence-electron chi connectivity index (χ1n) is 10.7. The molecule has 1 heterocycles. The third kappa shape index (κ3) is 8.31. The number of nitrogens with zero attached hydrogens (tertiary/aromatic N) is 2. The molecule has 1 fully saturated rings. The van der Waals surface area contributed by atoms with E-state index in [1.807, 2.05) is 12.1 Å². The minimum Gasteiger partial charge on any atom is -0.497 e. The van der Waals surface area contributed by atoms with E-state index in [2.05, 4.69) is 59.7 Å². The molecule has 0 bridgehead atoms. The summed E-state index contributed by atoms with van der Waals surface area (Å²) in [5.41, 5.74) is 4.96. The fraction of sp³-hybridized carbons (Fsp3) is 0.458. The maximum atomic E-state index is 5.47. The molecule has 1 aliphatic heterocycles. The van der Waals surface area contributed by atoms with E-state index >= 15 is 0 Å². The second-order valence-corrected chi connectivity index (χ2v) is 7.56. The first-order chi connectivity index (χ1) is 14.7. The molecule has 6 nitrogen and oxygen atoms in total. The van der Waals surface area contributed by atoms with Crippen molar-refractivity contribution >= 4 is 29.9 Å². The number of halogens is 1. The Balaban J connectivity index is 0.00000341. The van der Waals surface area contributed by atoms with Crippen molar-refractivity contribution in [3.8, 4) is 5.75 Å². The van der Waals surface area contributed by atoms with Gasteiger partial charge >= 0.3 is 0 Å². The molecule has 0 unspecified atom stereocenters. The van der Waals surface area contributed by atoms with E-state index in [-0.39, 0.29) is 24.0 Å². The van der Waals surface area contributed by atoms with Crippen molar-refractivity contribution in [2.24, 2.45) is 4.99 Å². The number of morpholine rings is 1. The third-order valence-corrected chi connectivity index (χ3v) is 5.17. The predicted octanol–water partition coefficient (Wildman–Crippen LogP) is 3.71. The lowest BCUT2D eigenvalue weighted by molar-refractivity contribution is 0.0341. The highest BCUT2D eigenvalue weighted by molar-refractivity contribution is 14.0. The van der Waals surface area contributed by atoms with Gasteiger partial charge in [-0.25, -0.2) is 4.99 Å². The first-order valence-corrected chi connectivity index (χ1v) is 10.7. The number of rotatable bonds is 8.